The molecule has 3 nitrogen and oxygen atoms in total. The maximum absolute atomic E-state index is 12.6. The molecular weight excluding hydrogens is 332 g/mol. The second kappa shape index (κ2) is 8.61. The molecule has 25 heavy (non-hydrogen) atoms. The summed E-state index contributed by atoms with van der Waals surface area (Å²) in [6.45, 7) is 2.74. The van der Waals surface area contributed by atoms with Crippen molar-refractivity contribution in [1.82, 2.24) is 4.90 Å². The van der Waals surface area contributed by atoms with Crippen LogP contribution in [0.2, 0.25) is 5.02 Å². The monoisotopic (exact) mass is 356 g/mol. The molecule has 1 aliphatic heterocycles. The van der Waals surface area contributed by atoms with Crippen LogP contribution < -0.4 is 5.73 Å². The van der Waals surface area contributed by atoms with Crippen molar-refractivity contribution in [2.24, 2.45) is 11.7 Å². The summed E-state index contributed by atoms with van der Waals surface area (Å²) in [6, 6.07) is 17.8. The van der Waals surface area contributed by atoms with E-state index in [9.17, 15) is 4.79 Å². The lowest BCUT2D eigenvalue weighted by Gasteiger charge is -2.33. The average Bonchev–Trinajstić information content (AvgIpc) is 2.62. The third-order valence-electron chi connectivity index (χ3n) is 4.90. The van der Waals surface area contributed by atoms with E-state index in [0.29, 0.717) is 5.02 Å². The number of likely N-dealkylation sites (tertiary alicyclic amines) is 1. The van der Waals surface area contributed by atoms with Crippen LogP contribution in [-0.4, -0.2) is 36.4 Å². The van der Waals surface area contributed by atoms with Crippen LogP contribution in [0.1, 0.15) is 28.8 Å². The van der Waals surface area contributed by atoms with E-state index >= 15 is 0 Å². The Labute approximate surface area is 154 Å². The van der Waals surface area contributed by atoms with Gasteiger partial charge in [0, 0.05) is 29.1 Å². The van der Waals surface area contributed by atoms with Gasteiger partial charge in [-0.1, -0.05) is 54.1 Å². The summed E-state index contributed by atoms with van der Waals surface area (Å²) in [4.78, 5) is 15.0. The second-order valence-corrected chi connectivity index (χ2v) is 7.34. The van der Waals surface area contributed by atoms with Crippen molar-refractivity contribution in [1.29, 1.82) is 0 Å². The number of nitrogens with two attached hydrogens (primary N) is 1. The fourth-order valence-electron chi connectivity index (χ4n) is 3.57. The van der Waals surface area contributed by atoms with Crippen molar-refractivity contribution < 1.29 is 4.79 Å². The molecule has 3 rings (SSSR count). The Balaban J connectivity index is 1.47. The summed E-state index contributed by atoms with van der Waals surface area (Å²) in [5, 5.41) is 0.621. The molecule has 1 fully saturated rings. The summed E-state index contributed by atoms with van der Waals surface area (Å²) < 4.78 is 0. The maximum Gasteiger partial charge on any atom is 0.166 e. The molecule has 1 atom stereocenters. The molecule has 0 unspecified atom stereocenters. The number of rotatable bonds is 6. The molecule has 1 heterocycles. The number of piperidine rings is 1. The van der Waals surface area contributed by atoms with Gasteiger partial charge in [0.15, 0.2) is 5.78 Å². The van der Waals surface area contributed by atoms with Crippen LogP contribution >= 0.6 is 11.6 Å². The Morgan fingerprint density at radius 2 is 1.84 bits per heavy atom. The summed E-state index contributed by atoms with van der Waals surface area (Å²) in [6.07, 6.45) is 2.68. The van der Waals surface area contributed by atoms with E-state index < -0.39 is 0 Å². The second-order valence-electron chi connectivity index (χ2n) is 6.90. The molecule has 0 saturated carbocycles. The van der Waals surface area contributed by atoms with Crippen LogP contribution in [0.3, 0.4) is 0 Å². The van der Waals surface area contributed by atoms with E-state index in [2.05, 4.69) is 29.2 Å². The van der Waals surface area contributed by atoms with Crippen molar-refractivity contribution in [3.05, 3.63) is 70.7 Å². The molecule has 0 spiro atoms. The minimum atomic E-state index is 0.0973. The zero-order valence-electron chi connectivity index (χ0n) is 14.4. The van der Waals surface area contributed by atoms with Crippen LogP contribution in [-0.2, 0) is 6.42 Å². The fraction of sp³-hybridized carbons (Fsp3) is 0.381. The van der Waals surface area contributed by atoms with E-state index in [-0.39, 0.29) is 17.7 Å². The number of hydrogen-bond acceptors (Lipinski definition) is 3. The molecule has 0 amide bonds. The van der Waals surface area contributed by atoms with Gasteiger partial charge in [0.05, 0.1) is 0 Å². The molecule has 2 aromatic carbocycles. The third-order valence-corrected chi connectivity index (χ3v) is 5.14. The van der Waals surface area contributed by atoms with Crippen LogP contribution in [0.5, 0.6) is 0 Å². The Bertz CT molecular complexity index is 696. The van der Waals surface area contributed by atoms with Crippen molar-refractivity contribution in [3.8, 4) is 0 Å². The Morgan fingerprint density at radius 3 is 2.52 bits per heavy atom. The summed E-state index contributed by atoms with van der Waals surface area (Å²) in [5.41, 5.74) is 8.32. The molecule has 0 radical (unpaired) electrons. The van der Waals surface area contributed by atoms with Gasteiger partial charge in [-0.25, -0.2) is 0 Å². The van der Waals surface area contributed by atoms with Gasteiger partial charge in [-0.2, -0.15) is 0 Å². The zero-order chi connectivity index (χ0) is 17.6. The first-order valence-corrected chi connectivity index (χ1v) is 9.31. The average molecular weight is 357 g/mol. The first-order valence-electron chi connectivity index (χ1n) is 8.93. The number of Topliss-reactive ketones (excluding diaryl/α,β-unsaturated/α-hetero) is 1. The molecular formula is C21H25ClN2O. The van der Waals surface area contributed by atoms with Crippen LogP contribution in [0.15, 0.2) is 54.6 Å². The first kappa shape index (κ1) is 18.1. The molecule has 0 aromatic heterocycles. The maximum atomic E-state index is 12.6. The molecule has 2 aromatic rings. The molecule has 2 N–H and O–H groups in total. The highest BCUT2D eigenvalue weighted by Gasteiger charge is 2.26. The smallest absolute Gasteiger partial charge is 0.166 e. The van der Waals surface area contributed by atoms with Gasteiger partial charge in [-0.3, -0.25) is 4.79 Å². The number of benzene rings is 2. The van der Waals surface area contributed by atoms with Crippen molar-refractivity contribution in [3.63, 3.8) is 0 Å². The quantitative estimate of drug-likeness (QED) is 0.801. The molecule has 0 bridgehead atoms. The molecule has 0 aliphatic carbocycles. The van der Waals surface area contributed by atoms with E-state index in [0.717, 1.165) is 44.5 Å². The third kappa shape index (κ3) is 5.15. The van der Waals surface area contributed by atoms with Crippen LogP contribution in [0.4, 0.5) is 0 Å². The van der Waals surface area contributed by atoms with E-state index in [1.54, 1.807) is 12.1 Å². The van der Waals surface area contributed by atoms with Gasteiger partial charge < -0.3 is 10.6 Å². The Morgan fingerprint density at radius 1 is 1.12 bits per heavy atom. The molecule has 1 aliphatic rings. The topological polar surface area (TPSA) is 46.3 Å². The Kier molecular flexibility index (Phi) is 6.24. The van der Waals surface area contributed by atoms with E-state index in [1.165, 1.54) is 5.56 Å². The fourth-order valence-corrected chi connectivity index (χ4v) is 3.76. The van der Waals surface area contributed by atoms with Crippen molar-refractivity contribution in [2.75, 3.05) is 19.6 Å². The largest absolute Gasteiger partial charge is 0.326 e. The summed E-state index contributed by atoms with van der Waals surface area (Å²) in [7, 11) is 0. The lowest BCUT2D eigenvalue weighted by atomic mass is 9.88. The number of halogens is 1. The number of carbonyl (C=O) groups excluding carboxylic acids is 1. The summed E-state index contributed by atoms with van der Waals surface area (Å²) in [5.74, 6) is 0.316. The molecule has 132 valence electrons. The van der Waals surface area contributed by atoms with E-state index in [1.807, 2.05) is 18.2 Å². The SMILES string of the molecule is N[C@@H](Cc1ccccc1)CN1CCC(C(=O)c2cccc(Cl)c2)CC1. The predicted octanol–water partition coefficient (Wildman–Crippen LogP) is 3.80. The lowest BCUT2D eigenvalue weighted by Crippen LogP contribution is -2.43. The lowest BCUT2D eigenvalue weighted by molar-refractivity contribution is 0.0836. The van der Waals surface area contributed by atoms with Crippen molar-refractivity contribution >= 4 is 17.4 Å². The highest BCUT2D eigenvalue weighted by Crippen LogP contribution is 2.23. The first-order chi connectivity index (χ1) is 12.1. The number of carbonyl (C=O) groups is 1. The van der Waals surface area contributed by atoms with Crippen LogP contribution in [0, 0.1) is 5.92 Å². The minimum absolute atomic E-state index is 0.0973. The highest BCUT2D eigenvalue weighted by atomic mass is 35.5. The minimum Gasteiger partial charge on any atom is -0.326 e. The Hall–Kier alpha value is -1.68. The predicted molar refractivity (Wildman–Crippen MR) is 103 cm³/mol. The highest BCUT2D eigenvalue weighted by molar-refractivity contribution is 6.31. The van der Waals surface area contributed by atoms with Gasteiger partial charge in [-0.15, -0.1) is 0 Å². The van der Waals surface area contributed by atoms with Gasteiger partial charge in [-0.05, 0) is 50.0 Å². The molecule has 4 heteroatoms. The number of ketones is 1. The number of nitrogens with zero attached hydrogens (tertiary/aromatic N) is 1. The molecule has 1 saturated heterocycles. The van der Waals surface area contributed by atoms with Gasteiger partial charge in [0.25, 0.3) is 0 Å². The normalized spacial score (nSPS) is 17.4. The summed E-state index contributed by atoms with van der Waals surface area (Å²) >= 11 is 6.00. The van der Waals surface area contributed by atoms with Gasteiger partial charge in [0.1, 0.15) is 0 Å². The standard InChI is InChI=1S/C21H25ClN2O/c22-19-8-4-7-18(14-19)21(25)17-9-11-24(12-10-17)15-20(23)13-16-5-2-1-3-6-16/h1-8,14,17,20H,9-13,15,23H2/t20-/m0/s1. The van der Waals surface area contributed by atoms with Crippen molar-refractivity contribution in [2.45, 2.75) is 25.3 Å². The van der Waals surface area contributed by atoms with E-state index in [4.69, 9.17) is 17.3 Å². The number of hydrogen-bond donors (Lipinski definition) is 1. The van der Waals surface area contributed by atoms with Gasteiger partial charge in [0.2, 0.25) is 0 Å². The van der Waals surface area contributed by atoms with Gasteiger partial charge >= 0.3 is 0 Å². The zero-order valence-corrected chi connectivity index (χ0v) is 15.2. The van der Waals surface area contributed by atoms with Crippen LogP contribution in [0.25, 0.3) is 0 Å².